The molecule has 10 heteroatoms. The molecule has 2 aromatic heterocycles. The van der Waals surface area contributed by atoms with Gasteiger partial charge in [-0.1, -0.05) is 0 Å². The quantitative estimate of drug-likeness (QED) is 0.361. The Morgan fingerprint density at radius 3 is 2.85 bits per heavy atom. The van der Waals surface area contributed by atoms with Gasteiger partial charge in [-0.2, -0.15) is 4.98 Å². The maximum absolute atomic E-state index is 12.2. The molecule has 0 spiro atoms. The summed E-state index contributed by atoms with van der Waals surface area (Å²) < 4.78 is 10.4. The molecule has 0 atom stereocenters. The molecule has 0 unspecified atom stereocenters. The summed E-state index contributed by atoms with van der Waals surface area (Å²) in [6, 6.07) is 5.20. The fourth-order valence-electron chi connectivity index (χ4n) is 2.26. The first-order valence-electron chi connectivity index (χ1n) is 7.62. The van der Waals surface area contributed by atoms with Gasteiger partial charge in [-0.3, -0.25) is 4.79 Å². The number of ether oxygens (including phenoxy) is 2. The number of H-pyrrole nitrogens is 1. The van der Waals surface area contributed by atoms with E-state index in [1.165, 1.54) is 18.1 Å². The third-order valence-electron chi connectivity index (χ3n) is 3.46. The highest BCUT2D eigenvalue weighted by molar-refractivity contribution is 7.99. The maximum Gasteiger partial charge on any atom is 0.225 e. The van der Waals surface area contributed by atoms with Gasteiger partial charge in [0.1, 0.15) is 10.5 Å². The van der Waals surface area contributed by atoms with Crippen LogP contribution in [0.15, 0.2) is 29.6 Å². The number of aromatic amines is 1. The van der Waals surface area contributed by atoms with Crippen molar-refractivity contribution in [3.63, 3.8) is 0 Å². The summed E-state index contributed by atoms with van der Waals surface area (Å²) in [6.45, 7) is 0. The minimum atomic E-state index is -0.120. The summed E-state index contributed by atoms with van der Waals surface area (Å²) in [5, 5.41) is 3.62. The van der Waals surface area contributed by atoms with E-state index >= 15 is 0 Å². The Kier molecular flexibility index (Phi) is 5.79. The molecule has 1 amide bonds. The molecule has 136 valence electrons. The molecule has 0 saturated carbocycles. The summed E-state index contributed by atoms with van der Waals surface area (Å²) in [5.41, 5.74) is 1.85. The highest BCUT2D eigenvalue weighted by Crippen LogP contribution is 2.30. The van der Waals surface area contributed by atoms with Crippen LogP contribution < -0.4 is 14.8 Å². The summed E-state index contributed by atoms with van der Waals surface area (Å²) in [5.74, 6) is 1.56. The van der Waals surface area contributed by atoms with Crippen LogP contribution in [0.1, 0.15) is 6.42 Å². The lowest BCUT2D eigenvalue weighted by atomic mass is 10.2. The van der Waals surface area contributed by atoms with E-state index in [1.54, 1.807) is 32.4 Å². The molecule has 0 radical (unpaired) electrons. The Balaban J connectivity index is 1.58. The second-order valence-corrected chi connectivity index (χ2v) is 6.54. The predicted octanol–water partition coefficient (Wildman–Crippen LogP) is 3.14. The van der Waals surface area contributed by atoms with Crippen LogP contribution in [0.5, 0.6) is 11.5 Å². The molecule has 0 aliphatic carbocycles. The van der Waals surface area contributed by atoms with E-state index in [2.05, 4.69) is 25.3 Å². The number of thioether (sulfide) groups is 1. The molecule has 3 aromatic rings. The van der Waals surface area contributed by atoms with Crippen molar-refractivity contribution < 1.29 is 14.3 Å². The minimum absolute atomic E-state index is 0.120. The third-order valence-corrected chi connectivity index (χ3v) is 4.61. The number of rotatable bonds is 7. The molecule has 8 nitrogen and oxygen atoms in total. The molecule has 3 rings (SSSR count). The molecular weight excluding hydrogens is 378 g/mol. The van der Waals surface area contributed by atoms with Crippen LogP contribution in [0.25, 0.3) is 11.2 Å². The molecule has 2 N–H and O–H groups in total. The zero-order valence-electron chi connectivity index (χ0n) is 14.1. The van der Waals surface area contributed by atoms with E-state index < -0.39 is 0 Å². The second-order valence-electron chi connectivity index (χ2n) is 5.12. The van der Waals surface area contributed by atoms with Crippen molar-refractivity contribution in [3.05, 3.63) is 29.8 Å². The second kappa shape index (κ2) is 8.24. The van der Waals surface area contributed by atoms with Gasteiger partial charge in [-0.25, -0.2) is 9.97 Å². The number of benzene rings is 1. The van der Waals surface area contributed by atoms with Crippen LogP contribution >= 0.6 is 23.4 Å². The third kappa shape index (κ3) is 4.17. The lowest BCUT2D eigenvalue weighted by Gasteiger charge is -2.10. The number of hydrogen-bond acceptors (Lipinski definition) is 7. The number of amides is 1. The van der Waals surface area contributed by atoms with Crippen LogP contribution in [0, 0.1) is 0 Å². The number of carbonyl (C=O) groups is 1. The number of fused-ring (bicyclic) bond motifs is 1. The SMILES string of the molecule is COc1ccc(NC(=O)CCSc2nc(Cl)nc3nc[nH]c23)cc1OC. The monoisotopic (exact) mass is 393 g/mol. The molecule has 2 heterocycles. The normalized spacial score (nSPS) is 10.7. The van der Waals surface area contributed by atoms with Crippen molar-refractivity contribution in [2.45, 2.75) is 11.4 Å². The highest BCUT2D eigenvalue weighted by Gasteiger charge is 2.11. The van der Waals surface area contributed by atoms with Crippen LogP contribution in [0.4, 0.5) is 5.69 Å². The number of halogens is 1. The van der Waals surface area contributed by atoms with Gasteiger partial charge in [0.2, 0.25) is 11.2 Å². The first kappa shape index (κ1) is 18.3. The van der Waals surface area contributed by atoms with E-state index in [0.29, 0.717) is 45.5 Å². The number of aromatic nitrogens is 4. The molecule has 0 aliphatic rings. The van der Waals surface area contributed by atoms with Gasteiger partial charge < -0.3 is 19.8 Å². The van der Waals surface area contributed by atoms with Crippen LogP contribution in [-0.4, -0.2) is 45.8 Å². The number of hydrogen-bond donors (Lipinski definition) is 2. The van der Waals surface area contributed by atoms with Gasteiger partial charge in [0.05, 0.1) is 20.5 Å². The Bertz CT molecular complexity index is 933. The number of nitrogens with zero attached hydrogens (tertiary/aromatic N) is 3. The lowest BCUT2D eigenvalue weighted by Crippen LogP contribution is -2.12. The number of carbonyl (C=O) groups excluding carboxylic acids is 1. The number of imidazole rings is 1. The molecule has 0 fully saturated rings. The smallest absolute Gasteiger partial charge is 0.225 e. The van der Waals surface area contributed by atoms with Crippen molar-refractivity contribution in [2.75, 3.05) is 25.3 Å². The van der Waals surface area contributed by atoms with E-state index in [1.807, 2.05) is 0 Å². The van der Waals surface area contributed by atoms with Crippen molar-refractivity contribution in [3.8, 4) is 11.5 Å². The van der Waals surface area contributed by atoms with Gasteiger partial charge in [-0.05, 0) is 23.7 Å². The van der Waals surface area contributed by atoms with Gasteiger partial charge >= 0.3 is 0 Å². The van der Waals surface area contributed by atoms with E-state index in [-0.39, 0.29) is 11.2 Å². The maximum atomic E-state index is 12.2. The zero-order chi connectivity index (χ0) is 18.5. The topological polar surface area (TPSA) is 102 Å². The molecule has 1 aromatic carbocycles. The Morgan fingerprint density at radius 1 is 1.27 bits per heavy atom. The lowest BCUT2D eigenvalue weighted by molar-refractivity contribution is -0.115. The van der Waals surface area contributed by atoms with E-state index in [0.717, 1.165) is 0 Å². The summed E-state index contributed by atoms with van der Waals surface area (Å²) >= 11 is 7.30. The minimum Gasteiger partial charge on any atom is -0.493 e. The molecule has 26 heavy (non-hydrogen) atoms. The van der Waals surface area contributed by atoms with Crippen molar-refractivity contribution >= 4 is 46.1 Å². The van der Waals surface area contributed by atoms with Crippen LogP contribution in [0.2, 0.25) is 5.28 Å². The van der Waals surface area contributed by atoms with Gasteiger partial charge in [-0.15, -0.1) is 11.8 Å². The summed E-state index contributed by atoms with van der Waals surface area (Å²) in [4.78, 5) is 27.4. The Hall–Kier alpha value is -2.52. The molecular formula is C16H16ClN5O3S. The Morgan fingerprint density at radius 2 is 2.08 bits per heavy atom. The van der Waals surface area contributed by atoms with Crippen molar-refractivity contribution in [1.29, 1.82) is 0 Å². The average Bonchev–Trinajstić information content (AvgIpc) is 3.09. The summed E-state index contributed by atoms with van der Waals surface area (Å²) in [7, 11) is 3.10. The van der Waals surface area contributed by atoms with Gasteiger partial charge in [0, 0.05) is 23.9 Å². The fourth-order valence-corrected chi connectivity index (χ4v) is 3.40. The fraction of sp³-hybridized carbons (Fsp3) is 0.250. The first-order chi connectivity index (χ1) is 12.6. The number of methoxy groups -OCH3 is 2. The number of anilines is 1. The van der Waals surface area contributed by atoms with Crippen LogP contribution in [-0.2, 0) is 4.79 Å². The first-order valence-corrected chi connectivity index (χ1v) is 8.98. The number of nitrogens with one attached hydrogen (secondary N) is 2. The van der Waals surface area contributed by atoms with E-state index in [4.69, 9.17) is 21.1 Å². The average molecular weight is 394 g/mol. The van der Waals surface area contributed by atoms with Crippen LogP contribution in [0.3, 0.4) is 0 Å². The molecule has 0 aliphatic heterocycles. The largest absolute Gasteiger partial charge is 0.493 e. The van der Waals surface area contributed by atoms with Crippen molar-refractivity contribution in [2.24, 2.45) is 0 Å². The van der Waals surface area contributed by atoms with Gasteiger partial charge in [0.15, 0.2) is 17.1 Å². The standard InChI is InChI=1S/C16H16ClN5O3S/c1-24-10-4-3-9(7-11(10)25-2)20-12(23)5-6-26-15-13-14(19-8-18-13)21-16(17)22-15/h3-4,7-8H,5-6H2,1-2H3,(H,20,23)(H,18,19,21,22). The molecule has 0 bridgehead atoms. The highest BCUT2D eigenvalue weighted by atomic mass is 35.5. The van der Waals surface area contributed by atoms with Crippen molar-refractivity contribution in [1.82, 2.24) is 19.9 Å². The van der Waals surface area contributed by atoms with E-state index in [9.17, 15) is 4.79 Å². The summed E-state index contributed by atoms with van der Waals surface area (Å²) in [6.07, 6.45) is 1.83. The zero-order valence-corrected chi connectivity index (χ0v) is 15.6. The predicted molar refractivity (Wildman–Crippen MR) is 100 cm³/mol. The van der Waals surface area contributed by atoms with Gasteiger partial charge in [0.25, 0.3) is 0 Å². The Labute approximate surface area is 158 Å². The molecule has 0 saturated heterocycles.